The Labute approximate surface area is 78.2 Å². The van der Waals surface area contributed by atoms with Gasteiger partial charge in [0.15, 0.2) is 0 Å². The van der Waals surface area contributed by atoms with Gasteiger partial charge in [-0.15, -0.1) is 0 Å². The zero-order valence-electron chi connectivity index (χ0n) is 7.73. The van der Waals surface area contributed by atoms with Gasteiger partial charge < -0.3 is 10.6 Å². The van der Waals surface area contributed by atoms with E-state index >= 15 is 0 Å². The summed E-state index contributed by atoms with van der Waals surface area (Å²) >= 11 is 0. The van der Waals surface area contributed by atoms with Crippen molar-refractivity contribution >= 4 is 5.71 Å². The van der Waals surface area contributed by atoms with Crippen molar-refractivity contribution in [1.82, 2.24) is 0 Å². The molecule has 0 aliphatic carbocycles. The average Bonchev–Trinajstić information content (AvgIpc) is 2.21. The maximum Gasteiger partial charge on any atom is 0.114 e. The highest BCUT2D eigenvalue weighted by Crippen LogP contribution is 2.00. The molecular weight excluding hydrogens is 164 g/mol. The fourth-order valence-electron chi connectivity index (χ4n) is 0.981. The number of hydrogen-bond acceptors (Lipinski definition) is 3. The van der Waals surface area contributed by atoms with Crippen LogP contribution >= 0.6 is 0 Å². The van der Waals surface area contributed by atoms with Crippen LogP contribution in [-0.4, -0.2) is 18.9 Å². The Morgan fingerprint density at radius 3 is 2.62 bits per heavy atom. The molecule has 2 N–H and O–H groups in total. The third-order valence-corrected chi connectivity index (χ3v) is 1.60. The summed E-state index contributed by atoms with van der Waals surface area (Å²) in [4.78, 5) is 4.95. The molecule has 0 radical (unpaired) electrons. The van der Waals surface area contributed by atoms with Crippen molar-refractivity contribution in [2.75, 3.05) is 13.2 Å². The molecule has 70 valence electrons. The normalized spacial score (nSPS) is 11.4. The number of rotatable bonds is 4. The molecule has 1 rings (SSSR count). The lowest BCUT2D eigenvalue weighted by Crippen LogP contribution is -2.15. The molecule has 0 saturated carbocycles. The standard InChI is InChI=1S/C10H14N2O/c1-2-13-12-10(8-11)9-6-4-3-5-7-9/h3-7H,2,8,11H2,1H3. The first-order chi connectivity index (χ1) is 6.38. The Morgan fingerprint density at radius 2 is 2.08 bits per heavy atom. The minimum atomic E-state index is 0.393. The van der Waals surface area contributed by atoms with Gasteiger partial charge in [-0.05, 0) is 6.92 Å². The minimum Gasteiger partial charge on any atom is -0.396 e. The molecule has 0 saturated heterocycles. The van der Waals surface area contributed by atoms with E-state index in [9.17, 15) is 0 Å². The van der Waals surface area contributed by atoms with Crippen molar-refractivity contribution in [3.05, 3.63) is 35.9 Å². The van der Waals surface area contributed by atoms with Gasteiger partial charge in [0.05, 0.1) is 0 Å². The molecule has 0 fully saturated rings. The zero-order chi connectivity index (χ0) is 9.52. The Balaban J connectivity index is 2.78. The van der Waals surface area contributed by atoms with Crippen LogP contribution < -0.4 is 5.73 Å². The number of nitrogens with zero attached hydrogens (tertiary/aromatic N) is 1. The maximum absolute atomic E-state index is 5.53. The first-order valence-electron chi connectivity index (χ1n) is 4.32. The number of oxime groups is 1. The largest absolute Gasteiger partial charge is 0.396 e. The van der Waals surface area contributed by atoms with Crippen LogP contribution in [0.15, 0.2) is 35.5 Å². The lowest BCUT2D eigenvalue weighted by Gasteiger charge is -2.02. The van der Waals surface area contributed by atoms with Gasteiger partial charge in [-0.2, -0.15) is 0 Å². The van der Waals surface area contributed by atoms with E-state index in [0.29, 0.717) is 13.2 Å². The van der Waals surface area contributed by atoms with Crippen LogP contribution in [0.2, 0.25) is 0 Å². The second-order valence-electron chi connectivity index (χ2n) is 2.53. The van der Waals surface area contributed by atoms with Crippen molar-refractivity contribution < 1.29 is 4.84 Å². The minimum absolute atomic E-state index is 0.393. The zero-order valence-corrected chi connectivity index (χ0v) is 7.73. The van der Waals surface area contributed by atoms with Crippen LogP contribution in [-0.2, 0) is 4.84 Å². The lowest BCUT2D eigenvalue weighted by atomic mass is 10.1. The van der Waals surface area contributed by atoms with Crippen molar-refractivity contribution in [3.63, 3.8) is 0 Å². The number of nitrogens with two attached hydrogens (primary N) is 1. The molecule has 0 aliphatic rings. The summed E-state index contributed by atoms with van der Waals surface area (Å²) < 4.78 is 0. The van der Waals surface area contributed by atoms with Crippen molar-refractivity contribution in [2.24, 2.45) is 10.9 Å². The fraction of sp³-hybridized carbons (Fsp3) is 0.300. The molecule has 3 nitrogen and oxygen atoms in total. The van der Waals surface area contributed by atoms with Crippen LogP contribution in [0.4, 0.5) is 0 Å². The Morgan fingerprint density at radius 1 is 1.38 bits per heavy atom. The molecule has 0 aliphatic heterocycles. The molecule has 0 unspecified atom stereocenters. The van der Waals surface area contributed by atoms with E-state index in [0.717, 1.165) is 11.3 Å². The first-order valence-corrected chi connectivity index (χ1v) is 4.32. The van der Waals surface area contributed by atoms with Gasteiger partial charge in [-0.1, -0.05) is 35.5 Å². The van der Waals surface area contributed by atoms with Gasteiger partial charge >= 0.3 is 0 Å². The average molecular weight is 178 g/mol. The monoisotopic (exact) mass is 178 g/mol. The maximum atomic E-state index is 5.53. The highest BCUT2D eigenvalue weighted by Gasteiger charge is 1.99. The highest BCUT2D eigenvalue weighted by molar-refractivity contribution is 6.01. The topological polar surface area (TPSA) is 47.6 Å². The second kappa shape index (κ2) is 5.32. The van der Waals surface area contributed by atoms with E-state index in [2.05, 4.69) is 5.16 Å². The van der Waals surface area contributed by atoms with E-state index in [1.54, 1.807) is 0 Å². The molecule has 0 bridgehead atoms. The van der Waals surface area contributed by atoms with Gasteiger partial charge in [-0.25, -0.2) is 0 Å². The van der Waals surface area contributed by atoms with Crippen LogP contribution in [0, 0.1) is 0 Å². The van der Waals surface area contributed by atoms with Crippen LogP contribution in [0.1, 0.15) is 12.5 Å². The number of benzene rings is 1. The Kier molecular flexibility index (Phi) is 3.99. The molecule has 0 spiro atoms. The van der Waals surface area contributed by atoms with Crippen molar-refractivity contribution in [3.8, 4) is 0 Å². The summed E-state index contributed by atoms with van der Waals surface area (Å²) in [5.41, 5.74) is 7.33. The summed E-state index contributed by atoms with van der Waals surface area (Å²) in [7, 11) is 0. The predicted molar refractivity (Wildman–Crippen MR) is 53.7 cm³/mol. The van der Waals surface area contributed by atoms with E-state index in [1.165, 1.54) is 0 Å². The fourth-order valence-corrected chi connectivity index (χ4v) is 0.981. The summed E-state index contributed by atoms with van der Waals surface area (Å²) in [5.74, 6) is 0. The Hall–Kier alpha value is -1.35. The molecule has 0 atom stereocenters. The SMILES string of the molecule is CCON=C(CN)c1ccccc1. The van der Waals surface area contributed by atoms with Gasteiger partial charge in [0, 0.05) is 12.1 Å². The number of hydrogen-bond donors (Lipinski definition) is 1. The van der Waals surface area contributed by atoms with Crippen molar-refractivity contribution in [2.45, 2.75) is 6.92 Å². The van der Waals surface area contributed by atoms with Crippen LogP contribution in [0.25, 0.3) is 0 Å². The molecule has 0 aromatic heterocycles. The quantitative estimate of drug-likeness (QED) is 0.559. The van der Waals surface area contributed by atoms with E-state index in [-0.39, 0.29) is 0 Å². The molecular formula is C10H14N2O. The van der Waals surface area contributed by atoms with Gasteiger partial charge in [0.2, 0.25) is 0 Å². The second-order valence-corrected chi connectivity index (χ2v) is 2.53. The van der Waals surface area contributed by atoms with E-state index in [4.69, 9.17) is 10.6 Å². The summed E-state index contributed by atoms with van der Waals surface area (Å²) in [6, 6.07) is 9.78. The summed E-state index contributed by atoms with van der Waals surface area (Å²) in [5, 5.41) is 3.92. The summed E-state index contributed by atoms with van der Waals surface area (Å²) in [6.45, 7) is 2.85. The van der Waals surface area contributed by atoms with Crippen LogP contribution in [0.5, 0.6) is 0 Å². The van der Waals surface area contributed by atoms with E-state index < -0.39 is 0 Å². The molecule has 0 heterocycles. The van der Waals surface area contributed by atoms with Gasteiger partial charge in [-0.3, -0.25) is 0 Å². The molecule has 13 heavy (non-hydrogen) atoms. The molecule has 1 aromatic rings. The Bertz CT molecular complexity index is 270. The third-order valence-electron chi connectivity index (χ3n) is 1.60. The van der Waals surface area contributed by atoms with Crippen LogP contribution in [0.3, 0.4) is 0 Å². The highest BCUT2D eigenvalue weighted by atomic mass is 16.6. The van der Waals surface area contributed by atoms with E-state index in [1.807, 2.05) is 37.3 Å². The molecule has 1 aromatic carbocycles. The van der Waals surface area contributed by atoms with Gasteiger partial charge in [0.25, 0.3) is 0 Å². The predicted octanol–water partition coefficient (Wildman–Crippen LogP) is 1.39. The molecule has 0 amide bonds. The third kappa shape index (κ3) is 2.87. The van der Waals surface area contributed by atoms with Crippen molar-refractivity contribution in [1.29, 1.82) is 0 Å². The molecule has 3 heteroatoms. The smallest absolute Gasteiger partial charge is 0.114 e. The van der Waals surface area contributed by atoms with Gasteiger partial charge in [0.1, 0.15) is 12.3 Å². The summed E-state index contributed by atoms with van der Waals surface area (Å²) in [6.07, 6.45) is 0. The lowest BCUT2D eigenvalue weighted by molar-refractivity contribution is 0.158. The first kappa shape index (κ1) is 9.74.